The van der Waals surface area contributed by atoms with Gasteiger partial charge in [-0.2, -0.15) is 0 Å². The monoisotopic (exact) mass is 301 g/mol. The van der Waals surface area contributed by atoms with Crippen LogP contribution in [0, 0.1) is 5.82 Å². The fourth-order valence-corrected chi connectivity index (χ4v) is 1.81. The van der Waals surface area contributed by atoms with E-state index in [1.165, 1.54) is 25.3 Å². The first-order chi connectivity index (χ1) is 10.6. The number of rotatable bonds is 6. The van der Waals surface area contributed by atoms with E-state index >= 15 is 0 Å². The smallest absolute Gasteiger partial charge is 0.161 e. The van der Waals surface area contributed by atoms with Crippen molar-refractivity contribution >= 4 is 12.0 Å². The molecule has 0 aliphatic rings. The van der Waals surface area contributed by atoms with Crippen LogP contribution in [-0.4, -0.2) is 13.1 Å². The lowest BCUT2D eigenvalue weighted by molar-refractivity contribution is -0.297. The number of carbonyl (C=O) groups excluding carboxylic acids is 1. The number of aliphatic carboxylic acids is 1. The first-order valence-electron chi connectivity index (χ1n) is 6.53. The third kappa shape index (κ3) is 4.34. The van der Waals surface area contributed by atoms with E-state index < -0.39 is 5.97 Å². The van der Waals surface area contributed by atoms with Crippen LogP contribution in [0.1, 0.15) is 11.1 Å². The van der Waals surface area contributed by atoms with Crippen molar-refractivity contribution in [3.05, 3.63) is 65.5 Å². The highest BCUT2D eigenvalue weighted by molar-refractivity contribution is 5.83. The van der Waals surface area contributed by atoms with Gasteiger partial charge in [-0.1, -0.05) is 24.3 Å². The van der Waals surface area contributed by atoms with Crippen molar-refractivity contribution in [3.8, 4) is 11.5 Å². The van der Waals surface area contributed by atoms with Gasteiger partial charge in [0.2, 0.25) is 0 Å². The number of ether oxygens (including phenoxy) is 2. The largest absolute Gasteiger partial charge is 0.545 e. The maximum absolute atomic E-state index is 12.8. The topological polar surface area (TPSA) is 58.6 Å². The summed E-state index contributed by atoms with van der Waals surface area (Å²) in [6, 6.07) is 11.0. The van der Waals surface area contributed by atoms with Crippen molar-refractivity contribution in [3.63, 3.8) is 0 Å². The molecule has 22 heavy (non-hydrogen) atoms. The van der Waals surface area contributed by atoms with Crippen molar-refractivity contribution in [2.24, 2.45) is 0 Å². The van der Waals surface area contributed by atoms with Gasteiger partial charge in [0.1, 0.15) is 12.4 Å². The Hall–Kier alpha value is -2.82. The third-order valence-corrected chi connectivity index (χ3v) is 2.91. The summed E-state index contributed by atoms with van der Waals surface area (Å²) in [5, 5.41) is 10.4. The second-order valence-electron chi connectivity index (χ2n) is 4.48. The first kappa shape index (κ1) is 15.6. The SMILES string of the molecule is COc1cc(/C=C\C(=O)[O-])ccc1OCc1ccc(F)cc1. The Bertz CT molecular complexity index is 678. The number of carbonyl (C=O) groups is 1. The van der Waals surface area contributed by atoms with Gasteiger partial charge in [-0.05, 0) is 41.5 Å². The molecular formula is C17H14FO4-. The Morgan fingerprint density at radius 3 is 2.55 bits per heavy atom. The lowest BCUT2D eigenvalue weighted by Gasteiger charge is -2.11. The average molecular weight is 301 g/mol. The molecule has 0 N–H and O–H groups in total. The zero-order valence-electron chi connectivity index (χ0n) is 11.9. The summed E-state index contributed by atoms with van der Waals surface area (Å²) in [6.45, 7) is 0.269. The molecular weight excluding hydrogens is 287 g/mol. The first-order valence-corrected chi connectivity index (χ1v) is 6.53. The Balaban J connectivity index is 2.10. The molecule has 0 heterocycles. The molecule has 5 heteroatoms. The van der Waals surface area contributed by atoms with Gasteiger partial charge in [-0.25, -0.2) is 4.39 Å². The minimum atomic E-state index is -1.27. The average Bonchev–Trinajstić information content (AvgIpc) is 2.52. The number of benzene rings is 2. The van der Waals surface area contributed by atoms with Crippen molar-refractivity contribution < 1.29 is 23.8 Å². The number of carboxylic acid groups (broad SMARTS) is 1. The van der Waals surface area contributed by atoms with Crippen LogP contribution >= 0.6 is 0 Å². The Morgan fingerprint density at radius 1 is 1.18 bits per heavy atom. The van der Waals surface area contributed by atoms with Crippen molar-refractivity contribution in [1.82, 2.24) is 0 Å². The zero-order chi connectivity index (χ0) is 15.9. The van der Waals surface area contributed by atoms with Crippen molar-refractivity contribution in [2.45, 2.75) is 6.61 Å². The predicted molar refractivity (Wildman–Crippen MR) is 77.8 cm³/mol. The van der Waals surface area contributed by atoms with E-state index in [1.54, 1.807) is 30.3 Å². The van der Waals surface area contributed by atoms with Crippen LogP contribution in [0.2, 0.25) is 0 Å². The number of hydrogen-bond acceptors (Lipinski definition) is 4. The fraction of sp³-hybridized carbons (Fsp3) is 0.118. The maximum atomic E-state index is 12.8. The summed E-state index contributed by atoms with van der Waals surface area (Å²) >= 11 is 0. The number of hydrogen-bond donors (Lipinski definition) is 0. The summed E-state index contributed by atoms with van der Waals surface area (Å²) in [4.78, 5) is 10.4. The number of halogens is 1. The van der Waals surface area contributed by atoms with Gasteiger partial charge in [0, 0.05) is 0 Å². The van der Waals surface area contributed by atoms with Crippen LogP contribution < -0.4 is 14.6 Å². The molecule has 0 bridgehead atoms. The van der Waals surface area contributed by atoms with E-state index in [0.717, 1.165) is 11.6 Å². The lowest BCUT2D eigenvalue weighted by atomic mass is 10.2. The van der Waals surface area contributed by atoms with E-state index in [0.29, 0.717) is 17.1 Å². The van der Waals surface area contributed by atoms with E-state index in [9.17, 15) is 14.3 Å². The maximum Gasteiger partial charge on any atom is 0.161 e. The Morgan fingerprint density at radius 2 is 1.91 bits per heavy atom. The van der Waals surface area contributed by atoms with E-state index in [-0.39, 0.29) is 12.4 Å². The van der Waals surface area contributed by atoms with Gasteiger partial charge in [-0.3, -0.25) is 0 Å². The Labute approximate surface area is 127 Å². The minimum absolute atomic E-state index is 0.269. The summed E-state index contributed by atoms with van der Waals surface area (Å²) in [7, 11) is 1.49. The zero-order valence-corrected chi connectivity index (χ0v) is 11.9. The minimum Gasteiger partial charge on any atom is -0.545 e. The molecule has 0 aliphatic carbocycles. The van der Waals surface area contributed by atoms with Gasteiger partial charge < -0.3 is 19.4 Å². The molecule has 4 nitrogen and oxygen atoms in total. The van der Waals surface area contributed by atoms with Crippen molar-refractivity contribution in [2.75, 3.05) is 7.11 Å². The summed E-state index contributed by atoms with van der Waals surface area (Å²) in [5.74, 6) is -0.582. The normalized spacial score (nSPS) is 10.6. The molecule has 0 spiro atoms. The van der Waals surface area contributed by atoms with Gasteiger partial charge in [-0.15, -0.1) is 0 Å². The Kier molecular flexibility index (Phi) is 5.14. The van der Waals surface area contributed by atoms with Gasteiger partial charge in [0.15, 0.2) is 11.5 Å². The second-order valence-corrected chi connectivity index (χ2v) is 4.48. The van der Waals surface area contributed by atoms with E-state index in [1.807, 2.05) is 0 Å². The van der Waals surface area contributed by atoms with E-state index in [2.05, 4.69) is 0 Å². The van der Waals surface area contributed by atoms with Crippen LogP contribution in [0.4, 0.5) is 4.39 Å². The molecule has 2 rings (SSSR count). The molecule has 0 amide bonds. The molecule has 2 aromatic rings. The highest BCUT2D eigenvalue weighted by Crippen LogP contribution is 2.29. The summed E-state index contributed by atoms with van der Waals surface area (Å²) in [5.41, 5.74) is 1.47. The van der Waals surface area contributed by atoms with Crippen LogP contribution in [0.15, 0.2) is 48.5 Å². The molecule has 0 atom stereocenters. The standard InChI is InChI=1S/C17H15FO4/c1-21-16-10-12(5-9-17(19)20)4-8-15(16)22-11-13-2-6-14(18)7-3-13/h2-10H,11H2,1H3,(H,19,20)/p-1/b9-5-. The molecule has 114 valence electrons. The van der Waals surface area contributed by atoms with Gasteiger partial charge >= 0.3 is 0 Å². The fourth-order valence-electron chi connectivity index (χ4n) is 1.81. The van der Waals surface area contributed by atoms with E-state index in [4.69, 9.17) is 9.47 Å². The molecule has 0 unspecified atom stereocenters. The quantitative estimate of drug-likeness (QED) is 0.767. The number of methoxy groups -OCH3 is 1. The third-order valence-electron chi connectivity index (χ3n) is 2.91. The highest BCUT2D eigenvalue weighted by atomic mass is 19.1. The number of carboxylic acids is 1. The highest BCUT2D eigenvalue weighted by Gasteiger charge is 2.05. The lowest BCUT2D eigenvalue weighted by Crippen LogP contribution is -2.18. The van der Waals surface area contributed by atoms with Crippen molar-refractivity contribution in [1.29, 1.82) is 0 Å². The van der Waals surface area contributed by atoms with Crippen LogP contribution in [0.25, 0.3) is 6.08 Å². The van der Waals surface area contributed by atoms with Gasteiger partial charge in [0.25, 0.3) is 0 Å². The van der Waals surface area contributed by atoms with Gasteiger partial charge in [0.05, 0.1) is 13.1 Å². The van der Waals surface area contributed by atoms with Crippen LogP contribution in [0.5, 0.6) is 11.5 Å². The summed E-state index contributed by atoms with van der Waals surface area (Å²) in [6.07, 6.45) is 2.34. The molecule has 2 aromatic carbocycles. The summed E-state index contributed by atoms with van der Waals surface area (Å²) < 4.78 is 23.7. The molecule has 0 saturated heterocycles. The predicted octanol–water partition coefficient (Wildman–Crippen LogP) is 2.18. The second kappa shape index (κ2) is 7.26. The molecule has 0 radical (unpaired) electrons. The van der Waals surface area contributed by atoms with Crippen LogP contribution in [-0.2, 0) is 11.4 Å². The molecule has 0 aliphatic heterocycles. The molecule has 0 saturated carbocycles. The molecule has 0 aromatic heterocycles. The molecule has 0 fully saturated rings. The van der Waals surface area contributed by atoms with Crippen LogP contribution in [0.3, 0.4) is 0 Å².